The van der Waals surface area contributed by atoms with Crippen molar-refractivity contribution >= 4 is 5.91 Å². The smallest absolute Gasteiger partial charge is 0.222 e. The number of rotatable bonds is 6. The molecule has 0 unspecified atom stereocenters. The molecule has 1 atom stereocenters. The van der Waals surface area contributed by atoms with E-state index in [1.165, 1.54) is 0 Å². The van der Waals surface area contributed by atoms with Gasteiger partial charge in [-0.25, -0.2) is 0 Å². The molecule has 0 aromatic carbocycles. The minimum atomic E-state index is 0.262. The van der Waals surface area contributed by atoms with Gasteiger partial charge in [-0.1, -0.05) is 0 Å². The number of hydrogen-bond donors (Lipinski definition) is 0. The Bertz CT molecular complexity index is 274. The van der Waals surface area contributed by atoms with Crippen LogP contribution in [0.3, 0.4) is 0 Å². The fourth-order valence-corrected chi connectivity index (χ4v) is 2.63. The maximum Gasteiger partial charge on any atom is 0.222 e. The highest BCUT2D eigenvalue weighted by Crippen LogP contribution is 2.17. The van der Waals surface area contributed by atoms with E-state index < -0.39 is 0 Å². The maximum absolute atomic E-state index is 12.0. The SMILES string of the molecule is CN(CCCN1CCOCC1)C(=O)C[C@H]1CCOC1. The predicted octanol–water partition coefficient (Wildman–Crippen LogP) is 0.594. The third kappa shape index (κ3) is 5.09. The Morgan fingerprint density at radius 2 is 2.05 bits per heavy atom. The first-order valence-electron chi connectivity index (χ1n) is 7.37. The first kappa shape index (κ1) is 14.8. The van der Waals surface area contributed by atoms with Gasteiger partial charge in [-0.3, -0.25) is 9.69 Å². The molecule has 5 heteroatoms. The molecule has 2 fully saturated rings. The van der Waals surface area contributed by atoms with Crippen molar-refractivity contribution in [3.05, 3.63) is 0 Å². The molecule has 0 aliphatic carbocycles. The number of hydrogen-bond acceptors (Lipinski definition) is 4. The van der Waals surface area contributed by atoms with Crippen molar-refractivity contribution in [2.75, 3.05) is 59.7 Å². The lowest BCUT2D eigenvalue weighted by Crippen LogP contribution is -2.38. The minimum Gasteiger partial charge on any atom is -0.381 e. The highest BCUT2D eigenvalue weighted by Gasteiger charge is 2.21. The molecule has 0 aromatic heterocycles. The van der Waals surface area contributed by atoms with Gasteiger partial charge in [-0.05, 0) is 18.8 Å². The molecule has 2 saturated heterocycles. The molecule has 0 spiro atoms. The molecule has 19 heavy (non-hydrogen) atoms. The van der Waals surface area contributed by atoms with Gasteiger partial charge in [0.05, 0.1) is 13.2 Å². The number of nitrogens with zero attached hydrogens (tertiary/aromatic N) is 2. The zero-order valence-electron chi connectivity index (χ0n) is 12.0. The zero-order chi connectivity index (χ0) is 13.5. The van der Waals surface area contributed by atoms with Gasteiger partial charge in [0.2, 0.25) is 5.91 Å². The molecule has 2 rings (SSSR count). The van der Waals surface area contributed by atoms with Crippen molar-refractivity contribution in [1.29, 1.82) is 0 Å². The highest BCUT2D eigenvalue weighted by atomic mass is 16.5. The first-order chi connectivity index (χ1) is 9.25. The summed E-state index contributed by atoms with van der Waals surface area (Å²) < 4.78 is 10.6. The summed E-state index contributed by atoms with van der Waals surface area (Å²) in [4.78, 5) is 16.3. The molecule has 0 saturated carbocycles. The molecule has 5 nitrogen and oxygen atoms in total. The van der Waals surface area contributed by atoms with Crippen LogP contribution in [0.4, 0.5) is 0 Å². The molecule has 0 N–H and O–H groups in total. The van der Waals surface area contributed by atoms with E-state index in [2.05, 4.69) is 4.90 Å². The topological polar surface area (TPSA) is 42.0 Å². The summed E-state index contributed by atoms with van der Waals surface area (Å²) in [6.45, 7) is 7.23. The van der Waals surface area contributed by atoms with E-state index in [-0.39, 0.29) is 5.91 Å². The van der Waals surface area contributed by atoms with Crippen LogP contribution in [0, 0.1) is 5.92 Å². The second-order valence-corrected chi connectivity index (χ2v) is 5.56. The van der Waals surface area contributed by atoms with Crippen LogP contribution in [0.5, 0.6) is 0 Å². The van der Waals surface area contributed by atoms with E-state index in [1.54, 1.807) is 0 Å². The van der Waals surface area contributed by atoms with Crippen molar-refractivity contribution in [3.63, 3.8) is 0 Å². The van der Waals surface area contributed by atoms with Gasteiger partial charge in [0.25, 0.3) is 0 Å². The fraction of sp³-hybridized carbons (Fsp3) is 0.929. The summed E-state index contributed by atoms with van der Waals surface area (Å²) in [6.07, 6.45) is 2.73. The van der Waals surface area contributed by atoms with Crippen molar-refractivity contribution in [2.24, 2.45) is 5.92 Å². The van der Waals surface area contributed by atoms with Gasteiger partial charge in [0, 0.05) is 52.9 Å². The van der Waals surface area contributed by atoms with Crippen molar-refractivity contribution in [1.82, 2.24) is 9.80 Å². The lowest BCUT2D eigenvalue weighted by molar-refractivity contribution is -0.131. The van der Waals surface area contributed by atoms with Gasteiger partial charge in [0.1, 0.15) is 0 Å². The lowest BCUT2D eigenvalue weighted by Gasteiger charge is -2.27. The van der Waals surface area contributed by atoms with E-state index in [4.69, 9.17) is 9.47 Å². The summed E-state index contributed by atoms with van der Waals surface area (Å²) >= 11 is 0. The maximum atomic E-state index is 12.0. The van der Waals surface area contributed by atoms with Gasteiger partial charge in [0.15, 0.2) is 0 Å². The average Bonchev–Trinajstić information content (AvgIpc) is 2.92. The second-order valence-electron chi connectivity index (χ2n) is 5.56. The molecular formula is C14H26N2O3. The minimum absolute atomic E-state index is 0.262. The monoisotopic (exact) mass is 270 g/mol. The Labute approximate surface area is 115 Å². The normalized spacial score (nSPS) is 24.6. The quantitative estimate of drug-likeness (QED) is 0.708. The van der Waals surface area contributed by atoms with Crippen LogP contribution in [-0.2, 0) is 14.3 Å². The third-order valence-electron chi connectivity index (χ3n) is 3.98. The average molecular weight is 270 g/mol. The standard InChI is InChI=1S/C14H26N2O3/c1-15(14(17)11-13-3-8-19-12-13)4-2-5-16-6-9-18-10-7-16/h13H,2-12H2,1H3/t13-/m1/s1. The van der Waals surface area contributed by atoms with Crippen LogP contribution in [-0.4, -0.2) is 75.4 Å². The summed E-state index contributed by atoms with van der Waals surface area (Å²) in [5.41, 5.74) is 0. The molecule has 0 radical (unpaired) electrons. The van der Waals surface area contributed by atoms with Gasteiger partial charge >= 0.3 is 0 Å². The molecule has 2 aliphatic heterocycles. The van der Waals surface area contributed by atoms with Gasteiger partial charge in [-0.15, -0.1) is 0 Å². The molecular weight excluding hydrogens is 244 g/mol. The molecule has 1 amide bonds. The van der Waals surface area contributed by atoms with E-state index in [0.29, 0.717) is 12.3 Å². The number of ether oxygens (including phenoxy) is 2. The van der Waals surface area contributed by atoms with Crippen molar-refractivity contribution < 1.29 is 14.3 Å². The van der Waals surface area contributed by atoms with E-state index >= 15 is 0 Å². The zero-order valence-corrected chi connectivity index (χ0v) is 12.0. The van der Waals surface area contributed by atoms with Crippen LogP contribution in [0.15, 0.2) is 0 Å². The Kier molecular flexibility index (Phi) is 6.07. The number of amides is 1. The van der Waals surface area contributed by atoms with Crippen LogP contribution in [0.2, 0.25) is 0 Å². The summed E-state index contributed by atoms with van der Waals surface area (Å²) in [5, 5.41) is 0. The number of carbonyl (C=O) groups excluding carboxylic acids is 1. The number of carbonyl (C=O) groups is 1. The molecule has 0 aromatic rings. The van der Waals surface area contributed by atoms with E-state index in [0.717, 1.165) is 65.4 Å². The predicted molar refractivity (Wildman–Crippen MR) is 73.1 cm³/mol. The number of morpholine rings is 1. The fourth-order valence-electron chi connectivity index (χ4n) is 2.63. The van der Waals surface area contributed by atoms with E-state index in [9.17, 15) is 4.79 Å². The van der Waals surface area contributed by atoms with Crippen LogP contribution >= 0.6 is 0 Å². The summed E-state index contributed by atoms with van der Waals surface area (Å²) in [7, 11) is 1.91. The highest BCUT2D eigenvalue weighted by molar-refractivity contribution is 5.76. The summed E-state index contributed by atoms with van der Waals surface area (Å²) in [5.74, 6) is 0.701. The van der Waals surface area contributed by atoms with Crippen molar-refractivity contribution in [2.45, 2.75) is 19.3 Å². The molecule has 2 heterocycles. The Morgan fingerprint density at radius 3 is 2.74 bits per heavy atom. The first-order valence-corrected chi connectivity index (χ1v) is 7.37. The van der Waals surface area contributed by atoms with E-state index in [1.807, 2.05) is 11.9 Å². The second kappa shape index (κ2) is 7.82. The largest absolute Gasteiger partial charge is 0.381 e. The van der Waals surface area contributed by atoms with Gasteiger partial charge in [-0.2, -0.15) is 0 Å². The molecule has 110 valence electrons. The molecule has 0 bridgehead atoms. The third-order valence-corrected chi connectivity index (χ3v) is 3.98. The summed E-state index contributed by atoms with van der Waals surface area (Å²) in [6, 6.07) is 0. The Morgan fingerprint density at radius 1 is 1.26 bits per heavy atom. The van der Waals surface area contributed by atoms with Crippen LogP contribution in [0.1, 0.15) is 19.3 Å². The van der Waals surface area contributed by atoms with Gasteiger partial charge < -0.3 is 14.4 Å². The van der Waals surface area contributed by atoms with Crippen LogP contribution < -0.4 is 0 Å². The van der Waals surface area contributed by atoms with Crippen LogP contribution in [0.25, 0.3) is 0 Å². The van der Waals surface area contributed by atoms with Crippen molar-refractivity contribution in [3.8, 4) is 0 Å². The molecule has 2 aliphatic rings. The Balaban J connectivity index is 1.57. The lowest BCUT2D eigenvalue weighted by atomic mass is 10.0. The Hall–Kier alpha value is -0.650.